The van der Waals surface area contributed by atoms with Gasteiger partial charge in [0.15, 0.2) is 5.96 Å². The quantitative estimate of drug-likeness (QED) is 0.220. The number of hydrogen-bond donors (Lipinski definition) is 3. The minimum Gasteiger partial charge on any atom is -0.356 e. The zero-order valence-corrected chi connectivity index (χ0v) is 19.1. The molecule has 0 radical (unpaired) electrons. The van der Waals surface area contributed by atoms with Crippen LogP contribution in [0.3, 0.4) is 0 Å². The van der Waals surface area contributed by atoms with Crippen LogP contribution in [0.15, 0.2) is 29.3 Å². The molecular weight excluding hydrogens is 439 g/mol. The molecule has 3 N–H and O–H groups in total. The van der Waals surface area contributed by atoms with E-state index in [0.717, 1.165) is 36.8 Å². The highest BCUT2D eigenvalue weighted by Crippen LogP contribution is 2.05. The van der Waals surface area contributed by atoms with Gasteiger partial charge in [0.2, 0.25) is 0 Å². The van der Waals surface area contributed by atoms with Gasteiger partial charge in [-0.1, -0.05) is 32.9 Å². The van der Waals surface area contributed by atoms with E-state index in [0.29, 0.717) is 12.1 Å². The summed E-state index contributed by atoms with van der Waals surface area (Å²) in [4.78, 5) is 16.3. The summed E-state index contributed by atoms with van der Waals surface area (Å²) in [5.41, 5.74) is 1.81. The Kier molecular flexibility index (Phi) is 13.1. The molecule has 1 aromatic rings. The zero-order valence-electron chi connectivity index (χ0n) is 16.8. The van der Waals surface area contributed by atoms with Crippen molar-refractivity contribution in [2.75, 3.05) is 13.6 Å². The fraction of sp³-hybridized carbons (Fsp3) is 0.600. The fourth-order valence-corrected chi connectivity index (χ4v) is 2.31. The predicted octanol–water partition coefficient (Wildman–Crippen LogP) is 3.93. The predicted molar refractivity (Wildman–Crippen MR) is 121 cm³/mol. The third-order valence-electron chi connectivity index (χ3n) is 4.14. The number of halogens is 1. The van der Waals surface area contributed by atoms with Gasteiger partial charge in [0, 0.05) is 31.7 Å². The zero-order chi connectivity index (χ0) is 18.7. The standard InChI is InChI=1S/C20H34N4O.HI/c1-6-16(4)24-19(25)18-11-9-17(10-12-18)14-23-20(21-5)22-13-7-8-15(2)3;/h9-12,15-16H,6-8,13-14H2,1-5H3,(H,24,25)(H2,21,22,23);1H. The Morgan fingerprint density at radius 2 is 1.77 bits per heavy atom. The maximum absolute atomic E-state index is 12.1. The van der Waals surface area contributed by atoms with Crippen molar-refractivity contribution in [1.82, 2.24) is 16.0 Å². The molecular formula is C20H35IN4O. The Morgan fingerprint density at radius 3 is 2.31 bits per heavy atom. The Morgan fingerprint density at radius 1 is 1.12 bits per heavy atom. The number of benzene rings is 1. The third-order valence-corrected chi connectivity index (χ3v) is 4.14. The van der Waals surface area contributed by atoms with Crippen molar-refractivity contribution >= 4 is 35.8 Å². The highest BCUT2D eigenvalue weighted by molar-refractivity contribution is 14.0. The first kappa shape index (κ1) is 24.7. The summed E-state index contributed by atoms with van der Waals surface area (Å²) in [7, 11) is 1.78. The van der Waals surface area contributed by atoms with Crippen molar-refractivity contribution in [3.8, 4) is 0 Å². The largest absolute Gasteiger partial charge is 0.356 e. The van der Waals surface area contributed by atoms with E-state index in [-0.39, 0.29) is 35.9 Å². The lowest BCUT2D eigenvalue weighted by molar-refractivity contribution is 0.0939. The summed E-state index contributed by atoms with van der Waals surface area (Å²) >= 11 is 0. The van der Waals surface area contributed by atoms with Crippen LogP contribution in [-0.2, 0) is 6.54 Å². The molecule has 0 heterocycles. The second-order valence-electron chi connectivity index (χ2n) is 6.87. The molecule has 0 saturated heterocycles. The van der Waals surface area contributed by atoms with Crippen molar-refractivity contribution in [3.63, 3.8) is 0 Å². The molecule has 0 aliphatic carbocycles. The lowest BCUT2D eigenvalue weighted by atomic mass is 10.1. The molecule has 148 valence electrons. The number of aliphatic imine (C=N–C) groups is 1. The molecule has 1 aromatic carbocycles. The van der Waals surface area contributed by atoms with Gasteiger partial charge in [0.25, 0.3) is 5.91 Å². The van der Waals surface area contributed by atoms with Gasteiger partial charge in [0.1, 0.15) is 0 Å². The SMILES string of the molecule is CCC(C)NC(=O)c1ccc(CNC(=NC)NCCCC(C)C)cc1.I. The third kappa shape index (κ3) is 9.99. The highest BCUT2D eigenvalue weighted by atomic mass is 127. The number of nitrogens with zero attached hydrogens (tertiary/aromatic N) is 1. The molecule has 6 heteroatoms. The molecule has 0 aliphatic rings. The summed E-state index contributed by atoms with van der Waals surface area (Å²) in [6, 6.07) is 7.88. The Balaban J connectivity index is 0.00000625. The van der Waals surface area contributed by atoms with Gasteiger partial charge in [-0.05, 0) is 49.8 Å². The lowest BCUT2D eigenvalue weighted by Gasteiger charge is -2.13. The topological polar surface area (TPSA) is 65.5 Å². The number of guanidine groups is 1. The molecule has 0 aromatic heterocycles. The van der Waals surface area contributed by atoms with Crippen molar-refractivity contribution in [1.29, 1.82) is 0 Å². The molecule has 0 fully saturated rings. The van der Waals surface area contributed by atoms with E-state index >= 15 is 0 Å². The van der Waals surface area contributed by atoms with Gasteiger partial charge in [0.05, 0.1) is 0 Å². The second kappa shape index (κ2) is 13.8. The van der Waals surface area contributed by atoms with E-state index in [1.54, 1.807) is 7.05 Å². The fourth-order valence-electron chi connectivity index (χ4n) is 2.31. The molecule has 26 heavy (non-hydrogen) atoms. The summed E-state index contributed by atoms with van der Waals surface area (Å²) in [5, 5.41) is 9.61. The van der Waals surface area contributed by atoms with E-state index in [1.165, 1.54) is 6.42 Å². The first-order valence-corrected chi connectivity index (χ1v) is 9.30. The number of amides is 1. The molecule has 1 rings (SSSR count). The molecule has 0 aliphatic heterocycles. The van der Waals surface area contributed by atoms with Crippen LogP contribution in [-0.4, -0.2) is 31.5 Å². The van der Waals surface area contributed by atoms with Gasteiger partial charge in [-0.3, -0.25) is 9.79 Å². The van der Waals surface area contributed by atoms with Crippen LogP contribution in [0.2, 0.25) is 0 Å². The maximum atomic E-state index is 12.1. The Hall–Kier alpha value is -1.31. The number of carbonyl (C=O) groups is 1. The highest BCUT2D eigenvalue weighted by Gasteiger charge is 2.08. The smallest absolute Gasteiger partial charge is 0.251 e. The average molecular weight is 474 g/mol. The van der Waals surface area contributed by atoms with Crippen LogP contribution in [0.5, 0.6) is 0 Å². The van der Waals surface area contributed by atoms with Crippen LogP contribution >= 0.6 is 24.0 Å². The number of rotatable bonds is 9. The molecule has 5 nitrogen and oxygen atoms in total. The first-order valence-electron chi connectivity index (χ1n) is 9.30. The van der Waals surface area contributed by atoms with Crippen molar-refractivity contribution in [3.05, 3.63) is 35.4 Å². The normalized spacial score (nSPS) is 12.3. The molecule has 1 amide bonds. The van der Waals surface area contributed by atoms with E-state index in [1.807, 2.05) is 31.2 Å². The minimum atomic E-state index is -0.0171. The van der Waals surface area contributed by atoms with E-state index < -0.39 is 0 Å². The number of nitrogens with one attached hydrogen (secondary N) is 3. The van der Waals surface area contributed by atoms with Crippen molar-refractivity contribution in [2.45, 2.75) is 59.5 Å². The van der Waals surface area contributed by atoms with Gasteiger partial charge >= 0.3 is 0 Å². The maximum Gasteiger partial charge on any atom is 0.251 e. The summed E-state index contributed by atoms with van der Waals surface area (Å²) in [6.45, 7) is 10.1. The Bertz CT molecular complexity index is 543. The molecule has 1 unspecified atom stereocenters. The molecule has 0 saturated carbocycles. The van der Waals surface area contributed by atoms with Crippen molar-refractivity contribution in [2.24, 2.45) is 10.9 Å². The van der Waals surface area contributed by atoms with Crippen LogP contribution in [0.1, 0.15) is 62.9 Å². The minimum absolute atomic E-state index is 0. The van der Waals surface area contributed by atoms with E-state index in [4.69, 9.17) is 0 Å². The molecule has 0 bridgehead atoms. The van der Waals surface area contributed by atoms with Crippen LogP contribution in [0.25, 0.3) is 0 Å². The van der Waals surface area contributed by atoms with Crippen LogP contribution in [0, 0.1) is 5.92 Å². The van der Waals surface area contributed by atoms with Crippen LogP contribution < -0.4 is 16.0 Å². The van der Waals surface area contributed by atoms with Crippen molar-refractivity contribution < 1.29 is 4.79 Å². The number of hydrogen-bond acceptors (Lipinski definition) is 2. The van der Waals surface area contributed by atoms with E-state index in [2.05, 4.69) is 41.7 Å². The van der Waals surface area contributed by atoms with Gasteiger partial charge < -0.3 is 16.0 Å². The van der Waals surface area contributed by atoms with E-state index in [9.17, 15) is 4.79 Å². The van der Waals surface area contributed by atoms with Gasteiger partial charge in [-0.25, -0.2) is 0 Å². The molecule has 0 spiro atoms. The second-order valence-corrected chi connectivity index (χ2v) is 6.87. The summed E-state index contributed by atoms with van der Waals surface area (Å²) in [6.07, 6.45) is 3.28. The molecule has 1 atom stereocenters. The number of carbonyl (C=O) groups excluding carboxylic acids is 1. The summed E-state index contributed by atoms with van der Waals surface area (Å²) < 4.78 is 0. The lowest BCUT2D eigenvalue weighted by Crippen LogP contribution is -2.37. The van der Waals surface area contributed by atoms with Crippen LogP contribution in [0.4, 0.5) is 0 Å². The monoisotopic (exact) mass is 474 g/mol. The Labute approximate surface area is 175 Å². The average Bonchev–Trinajstić information content (AvgIpc) is 2.61. The van der Waals surface area contributed by atoms with Gasteiger partial charge in [-0.15, -0.1) is 24.0 Å². The summed E-state index contributed by atoms with van der Waals surface area (Å²) in [5.74, 6) is 1.52. The first-order chi connectivity index (χ1) is 12.0. The van der Waals surface area contributed by atoms with Gasteiger partial charge in [-0.2, -0.15) is 0 Å².